The molecule has 0 unspecified atom stereocenters. The predicted octanol–water partition coefficient (Wildman–Crippen LogP) is 4.49. The van der Waals surface area contributed by atoms with Crippen LogP contribution in [-0.4, -0.2) is 50.4 Å². The third-order valence-corrected chi connectivity index (χ3v) is 6.39. The summed E-state index contributed by atoms with van der Waals surface area (Å²) in [5, 5.41) is 11.8. The topological polar surface area (TPSA) is 105 Å². The van der Waals surface area contributed by atoms with Gasteiger partial charge in [-0.1, -0.05) is 5.16 Å². The first-order valence-corrected chi connectivity index (χ1v) is 11.4. The molecule has 0 saturated heterocycles. The molecular formula is C24H28FN7O. The molecule has 4 aromatic rings. The molecule has 1 saturated carbocycles. The van der Waals surface area contributed by atoms with Gasteiger partial charge < -0.3 is 20.1 Å². The van der Waals surface area contributed by atoms with Crippen molar-refractivity contribution in [1.82, 2.24) is 30.4 Å². The van der Waals surface area contributed by atoms with E-state index in [9.17, 15) is 4.39 Å². The molecule has 1 aliphatic carbocycles. The summed E-state index contributed by atoms with van der Waals surface area (Å²) in [5.74, 6) is 1.34. The number of aryl methyl sites for hydroxylation is 3. The zero-order chi connectivity index (χ0) is 22.9. The van der Waals surface area contributed by atoms with Gasteiger partial charge in [-0.05, 0) is 57.7 Å². The highest BCUT2D eigenvalue weighted by atomic mass is 19.1. The molecule has 1 fully saturated rings. The summed E-state index contributed by atoms with van der Waals surface area (Å²) in [5.41, 5.74) is 6.16. The van der Waals surface area contributed by atoms with Gasteiger partial charge in [0, 0.05) is 42.0 Å². The van der Waals surface area contributed by atoms with E-state index in [1.807, 2.05) is 39.2 Å². The number of fused-ring (bicyclic) bond motifs is 1. The van der Waals surface area contributed by atoms with Crippen LogP contribution in [0.5, 0.6) is 0 Å². The second-order valence-corrected chi connectivity index (χ2v) is 8.65. The maximum atomic E-state index is 12.6. The van der Waals surface area contributed by atoms with Gasteiger partial charge in [0.05, 0.1) is 22.6 Å². The number of anilines is 1. The lowest BCUT2D eigenvalue weighted by atomic mass is 10.1. The number of nitrogens with one attached hydrogen (secondary N) is 3. The number of H-pyrrole nitrogens is 1. The second-order valence-electron chi connectivity index (χ2n) is 8.65. The lowest BCUT2D eigenvalue weighted by Crippen LogP contribution is -2.41. The second kappa shape index (κ2) is 8.90. The van der Waals surface area contributed by atoms with Crippen LogP contribution in [0.15, 0.2) is 29.0 Å². The summed E-state index contributed by atoms with van der Waals surface area (Å²) in [4.78, 5) is 17.4. The molecule has 33 heavy (non-hydrogen) atoms. The number of nitrogens with zero attached hydrogens (tertiary/aromatic N) is 4. The summed E-state index contributed by atoms with van der Waals surface area (Å²) in [6.07, 6.45) is 6.92. The van der Waals surface area contributed by atoms with E-state index in [0.29, 0.717) is 12.5 Å². The first-order valence-electron chi connectivity index (χ1n) is 11.4. The summed E-state index contributed by atoms with van der Waals surface area (Å²) < 4.78 is 17.9. The average Bonchev–Trinajstić information content (AvgIpc) is 3.52. The minimum Gasteiger partial charge on any atom is -0.361 e. The van der Waals surface area contributed by atoms with Crippen molar-refractivity contribution in [3.63, 3.8) is 0 Å². The fourth-order valence-corrected chi connectivity index (χ4v) is 4.76. The van der Waals surface area contributed by atoms with Gasteiger partial charge in [-0.15, -0.1) is 0 Å². The number of hydrogen-bond acceptors (Lipinski definition) is 7. The molecule has 1 aliphatic rings. The number of aromatic nitrogens is 5. The molecule has 4 aromatic heterocycles. The fraction of sp³-hybridized carbons (Fsp3) is 0.417. The van der Waals surface area contributed by atoms with Crippen molar-refractivity contribution in [2.45, 2.75) is 52.1 Å². The molecule has 2 atom stereocenters. The van der Waals surface area contributed by atoms with Crippen LogP contribution in [0.4, 0.5) is 10.3 Å². The van der Waals surface area contributed by atoms with Crippen LogP contribution in [0, 0.1) is 20.8 Å². The molecule has 8 nitrogen and oxygen atoms in total. The van der Waals surface area contributed by atoms with Crippen LogP contribution in [-0.2, 0) is 0 Å². The Balaban J connectivity index is 1.45. The zero-order valence-corrected chi connectivity index (χ0v) is 19.1. The van der Waals surface area contributed by atoms with Crippen LogP contribution in [0.3, 0.4) is 0 Å². The van der Waals surface area contributed by atoms with Crippen LogP contribution < -0.4 is 10.6 Å². The van der Waals surface area contributed by atoms with E-state index < -0.39 is 0 Å². The minimum atomic E-state index is -0.360. The van der Waals surface area contributed by atoms with Gasteiger partial charge in [0.1, 0.15) is 18.1 Å². The minimum absolute atomic E-state index is 0.189. The fourth-order valence-electron chi connectivity index (χ4n) is 4.76. The van der Waals surface area contributed by atoms with Crippen molar-refractivity contribution in [2.75, 3.05) is 18.5 Å². The van der Waals surface area contributed by atoms with Gasteiger partial charge in [-0.25, -0.2) is 19.3 Å². The lowest BCUT2D eigenvalue weighted by molar-refractivity contribution is 0.393. The number of pyridine rings is 1. The summed E-state index contributed by atoms with van der Waals surface area (Å²) in [6.45, 7) is 5.83. The number of halogens is 1. The summed E-state index contributed by atoms with van der Waals surface area (Å²) in [6, 6.07) is 4.46. The Bertz CT molecular complexity index is 1260. The molecule has 3 N–H and O–H groups in total. The Labute approximate surface area is 191 Å². The Hall–Kier alpha value is -3.33. The van der Waals surface area contributed by atoms with E-state index in [1.54, 1.807) is 0 Å². The number of hydrogen-bond donors (Lipinski definition) is 3. The number of aromatic amines is 1. The first kappa shape index (κ1) is 21.5. The van der Waals surface area contributed by atoms with Crippen LogP contribution in [0.2, 0.25) is 0 Å². The molecule has 9 heteroatoms. The Morgan fingerprint density at radius 2 is 2.00 bits per heavy atom. The van der Waals surface area contributed by atoms with Crippen LogP contribution in [0.25, 0.3) is 33.5 Å². The Kier molecular flexibility index (Phi) is 5.80. The standard InChI is InChI=1S/C24H28FN7O/c1-13-11-28-24(30-19-6-4-5-18(19)26-10-9-25)31-22(13)17-12-27-23-16(17)7-8-20(29-23)21-14(2)32-33-15(21)3/h7-8,11-12,18-19,26H,4-6,9-10H2,1-3H3,(H,27,29)(H,28,30,31)/t18-,19-/m0/s1. The van der Waals surface area contributed by atoms with Gasteiger partial charge in [0.25, 0.3) is 0 Å². The molecule has 0 radical (unpaired) electrons. The van der Waals surface area contributed by atoms with Gasteiger partial charge >= 0.3 is 0 Å². The molecular weight excluding hydrogens is 421 g/mol. The first-order chi connectivity index (χ1) is 16.0. The Morgan fingerprint density at radius 3 is 2.79 bits per heavy atom. The molecule has 4 heterocycles. The zero-order valence-electron chi connectivity index (χ0n) is 19.1. The highest BCUT2D eigenvalue weighted by Crippen LogP contribution is 2.33. The van der Waals surface area contributed by atoms with E-state index in [4.69, 9.17) is 14.5 Å². The number of alkyl halides is 1. The van der Waals surface area contributed by atoms with Crippen LogP contribution >= 0.6 is 0 Å². The van der Waals surface area contributed by atoms with Crippen molar-refractivity contribution < 1.29 is 8.91 Å². The molecule has 0 aromatic carbocycles. The predicted molar refractivity (Wildman–Crippen MR) is 126 cm³/mol. The molecule has 0 bridgehead atoms. The monoisotopic (exact) mass is 449 g/mol. The maximum absolute atomic E-state index is 12.6. The van der Waals surface area contributed by atoms with Gasteiger partial charge in [-0.3, -0.25) is 0 Å². The molecule has 5 rings (SSSR count). The maximum Gasteiger partial charge on any atom is 0.223 e. The van der Waals surface area contributed by atoms with E-state index >= 15 is 0 Å². The van der Waals surface area contributed by atoms with E-state index in [-0.39, 0.29) is 18.8 Å². The van der Waals surface area contributed by atoms with E-state index in [2.05, 4.69) is 31.8 Å². The largest absolute Gasteiger partial charge is 0.361 e. The third-order valence-electron chi connectivity index (χ3n) is 6.39. The average molecular weight is 450 g/mol. The van der Waals surface area contributed by atoms with Crippen molar-refractivity contribution in [3.8, 4) is 22.5 Å². The lowest BCUT2D eigenvalue weighted by Gasteiger charge is -2.22. The summed E-state index contributed by atoms with van der Waals surface area (Å²) >= 11 is 0. The van der Waals surface area contributed by atoms with Crippen molar-refractivity contribution in [2.24, 2.45) is 0 Å². The van der Waals surface area contributed by atoms with E-state index in [1.165, 1.54) is 0 Å². The van der Waals surface area contributed by atoms with Gasteiger partial charge in [0.15, 0.2) is 0 Å². The Morgan fingerprint density at radius 1 is 1.15 bits per heavy atom. The van der Waals surface area contributed by atoms with Crippen molar-refractivity contribution in [1.29, 1.82) is 0 Å². The van der Waals surface area contributed by atoms with Gasteiger partial charge in [-0.2, -0.15) is 0 Å². The van der Waals surface area contributed by atoms with E-state index in [0.717, 1.165) is 69.8 Å². The molecule has 0 spiro atoms. The highest BCUT2D eigenvalue weighted by Gasteiger charge is 2.27. The van der Waals surface area contributed by atoms with Crippen molar-refractivity contribution in [3.05, 3.63) is 41.5 Å². The molecule has 0 amide bonds. The van der Waals surface area contributed by atoms with Gasteiger partial charge in [0.2, 0.25) is 5.95 Å². The normalized spacial score (nSPS) is 18.3. The van der Waals surface area contributed by atoms with Crippen molar-refractivity contribution >= 4 is 17.0 Å². The van der Waals surface area contributed by atoms with Crippen LogP contribution in [0.1, 0.15) is 36.3 Å². The quantitative estimate of drug-likeness (QED) is 0.382. The SMILES string of the molecule is Cc1cnc(N[C@H]2CCC[C@@H]2NCCF)nc1-c1c[nH]c2nc(-c3c(C)noc3C)ccc12. The molecule has 0 aliphatic heterocycles. The smallest absolute Gasteiger partial charge is 0.223 e. The number of rotatable bonds is 7. The third kappa shape index (κ3) is 4.08. The summed E-state index contributed by atoms with van der Waals surface area (Å²) in [7, 11) is 0. The molecule has 172 valence electrons. The highest BCUT2D eigenvalue weighted by molar-refractivity contribution is 5.94.